The van der Waals surface area contributed by atoms with Gasteiger partial charge < -0.3 is 9.84 Å². The average molecular weight is 257 g/mol. The number of carboxylic acid groups (broad SMARTS) is 1. The fraction of sp³-hybridized carbons (Fsp3) is 0.556. The van der Waals surface area contributed by atoms with Crippen LogP contribution in [0.4, 0.5) is 0 Å². The summed E-state index contributed by atoms with van der Waals surface area (Å²) in [4.78, 5) is 22.4. The van der Waals surface area contributed by atoms with Crippen molar-refractivity contribution in [3.05, 3.63) is 11.4 Å². The van der Waals surface area contributed by atoms with E-state index >= 15 is 0 Å². The van der Waals surface area contributed by atoms with Crippen LogP contribution in [0.3, 0.4) is 0 Å². The van der Waals surface area contributed by atoms with Crippen molar-refractivity contribution >= 4 is 20.0 Å². The Labute approximate surface area is 99.4 Å². The Morgan fingerprint density at radius 1 is 1.41 bits per heavy atom. The minimum atomic E-state index is -1.56. The standard InChI is InChI=1S/C9H15N3O4Si/c1-16-9(15)6-7(8(13)14)12(11-10-6)5-17(2,3)4/h5H2,1-4H3,(H,13,14). The number of carbonyl (C=O) groups excluding carboxylic acids is 1. The van der Waals surface area contributed by atoms with E-state index in [4.69, 9.17) is 5.11 Å². The molecule has 0 atom stereocenters. The largest absolute Gasteiger partial charge is 0.476 e. The third kappa shape index (κ3) is 3.13. The molecule has 0 aliphatic rings. The Morgan fingerprint density at radius 2 is 2.00 bits per heavy atom. The number of carbonyl (C=O) groups is 2. The van der Waals surface area contributed by atoms with Gasteiger partial charge in [-0.1, -0.05) is 24.9 Å². The van der Waals surface area contributed by atoms with Crippen LogP contribution in [-0.2, 0) is 10.9 Å². The molecule has 0 fully saturated rings. The van der Waals surface area contributed by atoms with E-state index in [1.807, 2.05) is 0 Å². The summed E-state index contributed by atoms with van der Waals surface area (Å²) in [6.07, 6.45) is 0.485. The second-order valence-electron chi connectivity index (χ2n) is 4.80. The third-order valence-corrected chi connectivity index (χ3v) is 3.19. The molecular formula is C9H15N3O4Si. The SMILES string of the molecule is COC(=O)c1nnn(C[Si](C)(C)C)c1C(=O)O. The summed E-state index contributed by atoms with van der Waals surface area (Å²) >= 11 is 0. The Morgan fingerprint density at radius 3 is 2.41 bits per heavy atom. The highest BCUT2D eigenvalue weighted by molar-refractivity contribution is 6.74. The lowest BCUT2D eigenvalue weighted by Gasteiger charge is -2.15. The molecular weight excluding hydrogens is 242 g/mol. The monoisotopic (exact) mass is 257 g/mol. The highest BCUT2D eigenvalue weighted by Crippen LogP contribution is 2.11. The lowest BCUT2D eigenvalue weighted by molar-refractivity contribution is 0.0574. The molecule has 8 heteroatoms. The zero-order valence-corrected chi connectivity index (χ0v) is 11.2. The molecule has 1 aromatic heterocycles. The summed E-state index contributed by atoms with van der Waals surface area (Å²) in [5.41, 5.74) is -0.461. The van der Waals surface area contributed by atoms with Crippen molar-refractivity contribution in [3.8, 4) is 0 Å². The summed E-state index contributed by atoms with van der Waals surface area (Å²) in [5, 5.41) is 16.4. The molecule has 0 spiro atoms. The van der Waals surface area contributed by atoms with Gasteiger partial charge >= 0.3 is 11.9 Å². The highest BCUT2D eigenvalue weighted by atomic mass is 28.3. The number of esters is 1. The molecule has 1 N–H and O–H groups in total. The maximum atomic E-state index is 11.3. The molecule has 7 nitrogen and oxygen atoms in total. The van der Waals surface area contributed by atoms with Crippen LogP contribution < -0.4 is 0 Å². The second-order valence-corrected chi connectivity index (χ2v) is 10.2. The second kappa shape index (κ2) is 4.66. The highest BCUT2D eigenvalue weighted by Gasteiger charge is 2.28. The zero-order chi connectivity index (χ0) is 13.2. The van der Waals surface area contributed by atoms with Crippen LogP contribution >= 0.6 is 0 Å². The average Bonchev–Trinajstić information content (AvgIpc) is 2.57. The van der Waals surface area contributed by atoms with Crippen LogP contribution in [0.15, 0.2) is 0 Å². The normalized spacial score (nSPS) is 11.3. The first-order valence-corrected chi connectivity index (χ1v) is 8.72. The van der Waals surface area contributed by atoms with Crippen molar-refractivity contribution in [2.45, 2.75) is 25.8 Å². The van der Waals surface area contributed by atoms with E-state index in [0.29, 0.717) is 6.17 Å². The van der Waals surface area contributed by atoms with Gasteiger partial charge in [-0.3, -0.25) is 0 Å². The van der Waals surface area contributed by atoms with E-state index in [2.05, 4.69) is 34.7 Å². The molecule has 94 valence electrons. The van der Waals surface area contributed by atoms with E-state index in [1.54, 1.807) is 0 Å². The summed E-state index contributed by atoms with van der Waals surface area (Å²) in [6.45, 7) is 6.20. The molecule has 0 bridgehead atoms. The van der Waals surface area contributed by atoms with Crippen LogP contribution in [0.1, 0.15) is 21.0 Å². The molecule has 0 aromatic carbocycles. The zero-order valence-electron chi connectivity index (χ0n) is 10.2. The van der Waals surface area contributed by atoms with Crippen LogP contribution in [0.25, 0.3) is 0 Å². The Kier molecular flexibility index (Phi) is 3.66. The fourth-order valence-corrected chi connectivity index (χ4v) is 2.44. The van der Waals surface area contributed by atoms with Gasteiger partial charge in [-0.15, -0.1) is 5.10 Å². The quantitative estimate of drug-likeness (QED) is 0.628. The van der Waals surface area contributed by atoms with Crippen molar-refractivity contribution in [1.82, 2.24) is 15.0 Å². The Balaban J connectivity index is 3.20. The van der Waals surface area contributed by atoms with Crippen molar-refractivity contribution in [1.29, 1.82) is 0 Å². The molecule has 17 heavy (non-hydrogen) atoms. The third-order valence-electron chi connectivity index (χ3n) is 1.94. The number of nitrogens with zero attached hydrogens (tertiary/aromatic N) is 3. The lowest BCUT2D eigenvalue weighted by Crippen LogP contribution is -2.30. The summed E-state index contributed by atoms with van der Waals surface area (Å²) < 4.78 is 5.73. The van der Waals surface area contributed by atoms with Crippen molar-refractivity contribution in [3.63, 3.8) is 0 Å². The number of methoxy groups -OCH3 is 1. The number of aromatic nitrogens is 3. The maximum Gasteiger partial charge on any atom is 0.361 e. The lowest BCUT2D eigenvalue weighted by atomic mass is 10.3. The van der Waals surface area contributed by atoms with Gasteiger partial charge in [0, 0.05) is 6.17 Å². The van der Waals surface area contributed by atoms with Gasteiger partial charge in [-0.25, -0.2) is 14.3 Å². The van der Waals surface area contributed by atoms with E-state index in [0.717, 1.165) is 0 Å². The number of aromatic carboxylic acids is 1. The molecule has 0 saturated carbocycles. The van der Waals surface area contributed by atoms with Gasteiger partial charge in [0.25, 0.3) is 0 Å². The molecule has 0 aliphatic carbocycles. The van der Waals surface area contributed by atoms with Gasteiger partial charge in [-0.2, -0.15) is 0 Å². The first-order valence-electron chi connectivity index (χ1n) is 5.01. The molecule has 0 radical (unpaired) electrons. The summed E-state index contributed by atoms with van der Waals surface area (Å²) in [7, 11) is -0.390. The summed E-state index contributed by atoms with van der Waals surface area (Å²) in [6, 6.07) is 0. The number of hydrogen-bond acceptors (Lipinski definition) is 5. The molecule has 1 rings (SSSR count). The van der Waals surface area contributed by atoms with E-state index in [1.165, 1.54) is 11.8 Å². The van der Waals surface area contributed by atoms with Crippen molar-refractivity contribution in [2.75, 3.05) is 7.11 Å². The van der Waals surface area contributed by atoms with Crippen LogP contribution in [-0.4, -0.2) is 47.2 Å². The predicted molar refractivity (Wildman–Crippen MR) is 61.7 cm³/mol. The van der Waals surface area contributed by atoms with Crippen LogP contribution in [0, 0.1) is 0 Å². The topological polar surface area (TPSA) is 94.3 Å². The maximum absolute atomic E-state index is 11.3. The number of carboxylic acids is 1. The van der Waals surface area contributed by atoms with Gasteiger partial charge in [0.15, 0.2) is 5.69 Å². The van der Waals surface area contributed by atoms with E-state index < -0.39 is 20.0 Å². The Bertz CT molecular complexity index is 450. The minimum Gasteiger partial charge on any atom is -0.476 e. The summed E-state index contributed by atoms with van der Waals surface area (Å²) in [5.74, 6) is -2.02. The number of ether oxygens (including phenoxy) is 1. The van der Waals surface area contributed by atoms with Gasteiger partial charge in [-0.05, 0) is 0 Å². The minimum absolute atomic E-state index is 0.209. The number of hydrogen-bond donors (Lipinski definition) is 1. The fourth-order valence-electron chi connectivity index (χ4n) is 1.32. The molecule has 1 heterocycles. The predicted octanol–water partition coefficient (Wildman–Crippen LogP) is 0.640. The first-order chi connectivity index (χ1) is 7.76. The molecule has 0 amide bonds. The molecule has 0 aliphatic heterocycles. The van der Waals surface area contributed by atoms with Crippen LogP contribution in [0.5, 0.6) is 0 Å². The van der Waals surface area contributed by atoms with Crippen molar-refractivity contribution < 1.29 is 19.4 Å². The Hall–Kier alpha value is -1.70. The van der Waals surface area contributed by atoms with Gasteiger partial charge in [0.2, 0.25) is 5.69 Å². The van der Waals surface area contributed by atoms with E-state index in [9.17, 15) is 9.59 Å². The number of rotatable bonds is 4. The van der Waals surface area contributed by atoms with E-state index in [-0.39, 0.29) is 11.4 Å². The van der Waals surface area contributed by atoms with Crippen molar-refractivity contribution in [2.24, 2.45) is 0 Å². The van der Waals surface area contributed by atoms with Crippen LogP contribution in [0.2, 0.25) is 19.6 Å². The smallest absolute Gasteiger partial charge is 0.361 e. The first kappa shape index (κ1) is 13.4. The molecule has 0 unspecified atom stereocenters. The van der Waals surface area contributed by atoms with Gasteiger partial charge in [0.05, 0.1) is 15.2 Å². The molecule has 1 aromatic rings. The van der Waals surface area contributed by atoms with Gasteiger partial charge in [0.1, 0.15) is 0 Å². The molecule has 0 saturated heterocycles.